The Morgan fingerprint density at radius 3 is 3.00 bits per heavy atom. The molecule has 0 saturated carbocycles. The van der Waals surface area contributed by atoms with Crippen LogP contribution in [0.25, 0.3) is 0 Å². The van der Waals surface area contributed by atoms with Gasteiger partial charge in [-0.2, -0.15) is 0 Å². The standard InChI is InChI=1S/C11H17N3O2/c1-7(2)14-9-5-3-4-8(6-10(15)16)11(9)12-13-14/h7-8H,3-6H2,1-2H3,(H,15,16). The molecule has 1 N–H and O–H groups in total. The van der Waals surface area contributed by atoms with Crippen LogP contribution in [-0.4, -0.2) is 26.1 Å². The van der Waals surface area contributed by atoms with E-state index in [1.54, 1.807) is 0 Å². The molecular weight excluding hydrogens is 206 g/mol. The van der Waals surface area contributed by atoms with Crippen molar-refractivity contribution in [1.82, 2.24) is 15.0 Å². The van der Waals surface area contributed by atoms with Crippen molar-refractivity contribution in [3.8, 4) is 0 Å². The van der Waals surface area contributed by atoms with Crippen LogP contribution in [0.2, 0.25) is 0 Å². The second-order valence-corrected chi connectivity index (χ2v) is 4.65. The monoisotopic (exact) mass is 223 g/mol. The van der Waals surface area contributed by atoms with E-state index in [1.165, 1.54) is 0 Å². The predicted octanol–water partition coefficient (Wildman–Crippen LogP) is 1.75. The smallest absolute Gasteiger partial charge is 0.304 e. The number of rotatable bonds is 3. The number of carboxylic acids is 1. The lowest BCUT2D eigenvalue weighted by molar-refractivity contribution is -0.137. The van der Waals surface area contributed by atoms with Crippen LogP contribution >= 0.6 is 0 Å². The second-order valence-electron chi connectivity index (χ2n) is 4.65. The van der Waals surface area contributed by atoms with Gasteiger partial charge in [-0.05, 0) is 33.1 Å². The van der Waals surface area contributed by atoms with Gasteiger partial charge in [0.25, 0.3) is 0 Å². The molecule has 0 saturated heterocycles. The average molecular weight is 223 g/mol. The maximum atomic E-state index is 10.8. The Bertz CT molecular complexity index is 398. The first-order valence-corrected chi connectivity index (χ1v) is 5.75. The summed E-state index contributed by atoms with van der Waals surface area (Å²) in [6.45, 7) is 4.13. The average Bonchev–Trinajstić information content (AvgIpc) is 2.61. The summed E-state index contributed by atoms with van der Waals surface area (Å²) in [6, 6.07) is 0.292. The molecule has 5 heteroatoms. The molecule has 1 unspecified atom stereocenters. The molecule has 0 radical (unpaired) electrons. The fourth-order valence-electron chi connectivity index (χ4n) is 2.36. The largest absolute Gasteiger partial charge is 0.481 e. The predicted molar refractivity (Wildman–Crippen MR) is 58.3 cm³/mol. The van der Waals surface area contributed by atoms with E-state index < -0.39 is 5.97 Å². The number of carbonyl (C=O) groups is 1. The number of hydrogen-bond acceptors (Lipinski definition) is 3. The van der Waals surface area contributed by atoms with Crippen molar-refractivity contribution >= 4 is 5.97 Å². The van der Waals surface area contributed by atoms with Crippen LogP contribution in [0.3, 0.4) is 0 Å². The van der Waals surface area contributed by atoms with Gasteiger partial charge in [0, 0.05) is 12.0 Å². The molecule has 1 aliphatic carbocycles. The summed E-state index contributed by atoms with van der Waals surface area (Å²) in [4.78, 5) is 10.8. The van der Waals surface area contributed by atoms with Crippen molar-refractivity contribution in [2.45, 2.75) is 51.5 Å². The molecule has 0 aromatic carbocycles. The highest BCUT2D eigenvalue weighted by Crippen LogP contribution is 2.33. The maximum Gasteiger partial charge on any atom is 0.304 e. The third kappa shape index (κ3) is 1.94. The van der Waals surface area contributed by atoms with Crippen LogP contribution < -0.4 is 0 Å². The van der Waals surface area contributed by atoms with Gasteiger partial charge in [-0.15, -0.1) is 5.10 Å². The summed E-state index contributed by atoms with van der Waals surface area (Å²) in [7, 11) is 0. The van der Waals surface area contributed by atoms with Gasteiger partial charge in [0.1, 0.15) is 0 Å². The number of nitrogens with zero attached hydrogens (tertiary/aromatic N) is 3. The molecule has 1 heterocycles. The van der Waals surface area contributed by atoms with E-state index in [9.17, 15) is 4.79 Å². The Morgan fingerprint density at radius 2 is 2.38 bits per heavy atom. The van der Waals surface area contributed by atoms with Crippen molar-refractivity contribution in [3.63, 3.8) is 0 Å². The van der Waals surface area contributed by atoms with E-state index in [1.807, 2.05) is 4.68 Å². The third-order valence-corrected chi connectivity index (χ3v) is 3.08. The van der Waals surface area contributed by atoms with Gasteiger partial charge < -0.3 is 5.11 Å². The highest BCUT2D eigenvalue weighted by molar-refractivity contribution is 5.68. The topological polar surface area (TPSA) is 68.0 Å². The molecule has 0 spiro atoms. The van der Waals surface area contributed by atoms with Gasteiger partial charge in [0.15, 0.2) is 0 Å². The second kappa shape index (κ2) is 4.23. The van der Waals surface area contributed by atoms with Crippen molar-refractivity contribution in [1.29, 1.82) is 0 Å². The molecule has 5 nitrogen and oxygen atoms in total. The highest BCUT2D eigenvalue weighted by atomic mass is 16.4. The van der Waals surface area contributed by atoms with E-state index in [0.717, 1.165) is 30.7 Å². The lowest BCUT2D eigenvalue weighted by Crippen LogP contribution is -2.16. The van der Waals surface area contributed by atoms with E-state index in [-0.39, 0.29) is 12.3 Å². The molecule has 1 aromatic rings. The Balaban J connectivity index is 2.29. The van der Waals surface area contributed by atoms with Gasteiger partial charge in [0.05, 0.1) is 17.8 Å². The minimum Gasteiger partial charge on any atom is -0.481 e. The zero-order valence-corrected chi connectivity index (χ0v) is 9.68. The number of aromatic nitrogens is 3. The minimum absolute atomic E-state index is 0.0498. The molecule has 2 rings (SSSR count). The zero-order valence-electron chi connectivity index (χ0n) is 9.68. The first kappa shape index (κ1) is 11.1. The van der Waals surface area contributed by atoms with Gasteiger partial charge in [-0.1, -0.05) is 5.21 Å². The van der Waals surface area contributed by atoms with Gasteiger partial charge in [0.2, 0.25) is 0 Å². The van der Waals surface area contributed by atoms with Crippen LogP contribution in [0.5, 0.6) is 0 Å². The molecule has 1 aliphatic rings. The first-order chi connectivity index (χ1) is 7.59. The van der Waals surface area contributed by atoms with E-state index in [4.69, 9.17) is 5.11 Å². The number of carboxylic acid groups (broad SMARTS) is 1. The highest BCUT2D eigenvalue weighted by Gasteiger charge is 2.28. The molecule has 0 aliphatic heterocycles. The van der Waals surface area contributed by atoms with E-state index in [2.05, 4.69) is 24.2 Å². The SMILES string of the molecule is CC(C)n1nnc2c1CCCC2CC(=O)O. The summed E-state index contributed by atoms with van der Waals surface area (Å²) < 4.78 is 1.92. The van der Waals surface area contributed by atoms with Gasteiger partial charge in [-0.25, -0.2) is 4.68 Å². The first-order valence-electron chi connectivity index (χ1n) is 5.75. The van der Waals surface area contributed by atoms with E-state index in [0.29, 0.717) is 6.04 Å². The molecule has 0 fully saturated rings. The van der Waals surface area contributed by atoms with E-state index >= 15 is 0 Å². The summed E-state index contributed by atoms with van der Waals surface area (Å²) >= 11 is 0. The fraction of sp³-hybridized carbons (Fsp3) is 0.727. The quantitative estimate of drug-likeness (QED) is 0.847. The molecule has 88 valence electrons. The van der Waals surface area contributed by atoms with Gasteiger partial charge >= 0.3 is 5.97 Å². The molecular formula is C11H17N3O2. The molecule has 1 atom stereocenters. The van der Waals surface area contributed by atoms with Crippen LogP contribution in [0, 0.1) is 0 Å². The Hall–Kier alpha value is -1.39. The molecule has 0 bridgehead atoms. The van der Waals surface area contributed by atoms with Crippen molar-refractivity contribution in [2.24, 2.45) is 0 Å². The zero-order chi connectivity index (χ0) is 11.7. The van der Waals surface area contributed by atoms with Crippen LogP contribution in [0.15, 0.2) is 0 Å². The molecule has 0 amide bonds. The Kier molecular flexibility index (Phi) is 2.94. The van der Waals surface area contributed by atoms with Crippen LogP contribution in [0.4, 0.5) is 0 Å². The lowest BCUT2D eigenvalue weighted by Gasteiger charge is -2.20. The number of fused-ring (bicyclic) bond motifs is 1. The lowest BCUT2D eigenvalue weighted by atomic mass is 9.87. The Labute approximate surface area is 94.5 Å². The van der Waals surface area contributed by atoms with Gasteiger partial charge in [-0.3, -0.25) is 4.79 Å². The number of hydrogen-bond donors (Lipinski definition) is 1. The molecule has 1 aromatic heterocycles. The summed E-state index contributed by atoms with van der Waals surface area (Å²) in [5, 5.41) is 17.1. The van der Waals surface area contributed by atoms with Crippen molar-refractivity contribution < 1.29 is 9.90 Å². The third-order valence-electron chi connectivity index (χ3n) is 3.08. The van der Waals surface area contributed by atoms with Crippen molar-refractivity contribution in [2.75, 3.05) is 0 Å². The van der Waals surface area contributed by atoms with Crippen molar-refractivity contribution in [3.05, 3.63) is 11.4 Å². The minimum atomic E-state index is -0.753. The summed E-state index contributed by atoms with van der Waals surface area (Å²) in [5.41, 5.74) is 2.04. The summed E-state index contributed by atoms with van der Waals surface area (Å²) in [5.74, 6) is -0.703. The summed E-state index contributed by atoms with van der Waals surface area (Å²) in [6.07, 6.45) is 3.08. The number of aliphatic carboxylic acids is 1. The fourth-order valence-corrected chi connectivity index (χ4v) is 2.36. The molecule has 16 heavy (non-hydrogen) atoms. The van der Waals surface area contributed by atoms with Crippen LogP contribution in [0.1, 0.15) is 56.5 Å². The van der Waals surface area contributed by atoms with Crippen LogP contribution in [-0.2, 0) is 11.2 Å². The maximum absolute atomic E-state index is 10.8. The normalized spacial score (nSPS) is 19.8. The Morgan fingerprint density at radius 1 is 1.62 bits per heavy atom.